The molecule has 1 nitrogen and oxygen atoms in total. The quantitative estimate of drug-likeness (QED) is 0.299. The van der Waals surface area contributed by atoms with E-state index in [1.807, 2.05) is 0 Å². The first kappa shape index (κ1) is 20.7. The fourth-order valence-electron chi connectivity index (χ4n) is 3.06. The van der Waals surface area contributed by atoms with E-state index in [1.54, 1.807) is 6.92 Å². The molecule has 0 aromatic rings. The average Bonchev–Trinajstić information content (AvgIpc) is 2.43. The van der Waals surface area contributed by atoms with Gasteiger partial charge >= 0.3 is 0 Å². The molecule has 0 bridgehead atoms. The Bertz CT molecular complexity index is 234. The first-order chi connectivity index (χ1) is 10.1. The Labute approximate surface area is 134 Å². The van der Waals surface area contributed by atoms with Gasteiger partial charge in [-0.25, -0.2) is 0 Å². The van der Waals surface area contributed by atoms with E-state index in [0.29, 0.717) is 5.78 Å². The molecule has 0 spiro atoms. The molecule has 0 amide bonds. The molecule has 0 saturated heterocycles. The van der Waals surface area contributed by atoms with Crippen LogP contribution < -0.4 is 0 Å². The molecule has 0 radical (unpaired) electrons. The second-order valence-electron chi connectivity index (χ2n) is 7.29. The minimum Gasteiger partial charge on any atom is -0.300 e. The zero-order valence-corrected chi connectivity index (χ0v) is 15.3. The first-order valence-electron chi connectivity index (χ1n) is 9.55. The third kappa shape index (κ3) is 15.9. The molecule has 0 N–H and O–H groups in total. The molecule has 0 rings (SSSR count). The van der Waals surface area contributed by atoms with Crippen molar-refractivity contribution in [1.29, 1.82) is 0 Å². The van der Waals surface area contributed by atoms with Crippen LogP contribution in [0, 0.1) is 11.8 Å². The summed E-state index contributed by atoms with van der Waals surface area (Å²) in [6.07, 6.45) is 17.1. The summed E-state index contributed by atoms with van der Waals surface area (Å²) in [4.78, 5) is 10.9. The number of hydrogen-bond donors (Lipinski definition) is 0. The second-order valence-corrected chi connectivity index (χ2v) is 7.29. The van der Waals surface area contributed by atoms with Crippen molar-refractivity contribution in [1.82, 2.24) is 0 Å². The number of carbonyl (C=O) groups is 1. The van der Waals surface area contributed by atoms with E-state index >= 15 is 0 Å². The fraction of sp³-hybridized carbons (Fsp3) is 0.950. The molecule has 0 saturated carbocycles. The van der Waals surface area contributed by atoms with Crippen molar-refractivity contribution in [3.05, 3.63) is 0 Å². The van der Waals surface area contributed by atoms with Gasteiger partial charge in [0.05, 0.1) is 0 Å². The van der Waals surface area contributed by atoms with Gasteiger partial charge in [0.1, 0.15) is 5.78 Å². The van der Waals surface area contributed by atoms with E-state index in [0.717, 1.165) is 24.7 Å². The SMILES string of the molecule is CCCCC(C)CCCCCCCC(C)CCCC(C)=O. The number of ketones is 1. The van der Waals surface area contributed by atoms with E-state index < -0.39 is 0 Å². The van der Waals surface area contributed by atoms with Crippen molar-refractivity contribution in [2.24, 2.45) is 11.8 Å². The maximum atomic E-state index is 10.9. The molecule has 0 aliphatic rings. The van der Waals surface area contributed by atoms with Gasteiger partial charge in [0.25, 0.3) is 0 Å². The molecule has 21 heavy (non-hydrogen) atoms. The summed E-state index contributed by atoms with van der Waals surface area (Å²) < 4.78 is 0. The van der Waals surface area contributed by atoms with Gasteiger partial charge in [0.15, 0.2) is 0 Å². The van der Waals surface area contributed by atoms with E-state index in [9.17, 15) is 4.79 Å². The van der Waals surface area contributed by atoms with Gasteiger partial charge in [-0.1, -0.05) is 91.4 Å². The van der Waals surface area contributed by atoms with Crippen LogP contribution >= 0.6 is 0 Å². The molecule has 1 heteroatoms. The standard InChI is InChI=1S/C20H40O/c1-5-6-13-18(2)14-10-8-7-9-11-15-19(3)16-12-17-20(4)21/h18-19H,5-17H2,1-4H3. The van der Waals surface area contributed by atoms with Crippen LogP contribution in [0.3, 0.4) is 0 Å². The van der Waals surface area contributed by atoms with Gasteiger partial charge < -0.3 is 4.79 Å². The smallest absolute Gasteiger partial charge is 0.129 e. The molecule has 0 aromatic carbocycles. The third-order valence-electron chi connectivity index (χ3n) is 4.67. The van der Waals surface area contributed by atoms with Crippen molar-refractivity contribution in [2.45, 2.75) is 111 Å². The third-order valence-corrected chi connectivity index (χ3v) is 4.67. The zero-order chi connectivity index (χ0) is 15.9. The maximum absolute atomic E-state index is 10.9. The van der Waals surface area contributed by atoms with Crippen molar-refractivity contribution < 1.29 is 4.79 Å². The maximum Gasteiger partial charge on any atom is 0.129 e. The number of carbonyl (C=O) groups excluding carboxylic acids is 1. The first-order valence-corrected chi connectivity index (χ1v) is 9.55. The van der Waals surface area contributed by atoms with Gasteiger partial charge in [0, 0.05) is 6.42 Å². The minimum atomic E-state index is 0.343. The van der Waals surface area contributed by atoms with Crippen LogP contribution in [0.15, 0.2) is 0 Å². The molecule has 0 fully saturated rings. The van der Waals surface area contributed by atoms with E-state index in [4.69, 9.17) is 0 Å². The summed E-state index contributed by atoms with van der Waals surface area (Å²) >= 11 is 0. The van der Waals surface area contributed by atoms with Gasteiger partial charge in [-0.3, -0.25) is 0 Å². The molecule has 2 atom stereocenters. The number of Topliss-reactive ketones (excluding diaryl/α,β-unsaturated/α-hetero) is 1. The fourth-order valence-corrected chi connectivity index (χ4v) is 3.06. The van der Waals surface area contributed by atoms with Gasteiger partial charge in [-0.2, -0.15) is 0 Å². The normalized spacial score (nSPS) is 14.1. The Kier molecular flexibility index (Phi) is 14.4. The largest absolute Gasteiger partial charge is 0.300 e. The van der Waals surface area contributed by atoms with Crippen LogP contribution in [-0.4, -0.2) is 5.78 Å². The summed E-state index contributed by atoms with van der Waals surface area (Å²) in [7, 11) is 0. The van der Waals surface area contributed by atoms with Crippen LogP contribution in [0.1, 0.15) is 111 Å². The van der Waals surface area contributed by atoms with E-state index in [-0.39, 0.29) is 0 Å². The molecule has 0 heterocycles. The van der Waals surface area contributed by atoms with E-state index in [1.165, 1.54) is 70.6 Å². The van der Waals surface area contributed by atoms with Crippen molar-refractivity contribution in [3.8, 4) is 0 Å². The molecule has 0 aliphatic carbocycles. The van der Waals surface area contributed by atoms with Crippen molar-refractivity contribution >= 4 is 5.78 Å². The highest BCUT2D eigenvalue weighted by molar-refractivity contribution is 5.75. The highest BCUT2D eigenvalue weighted by atomic mass is 16.1. The van der Waals surface area contributed by atoms with Crippen molar-refractivity contribution in [2.75, 3.05) is 0 Å². The lowest BCUT2D eigenvalue weighted by Crippen LogP contribution is -1.98. The Morgan fingerprint density at radius 3 is 1.62 bits per heavy atom. The van der Waals surface area contributed by atoms with Gasteiger partial charge in [0.2, 0.25) is 0 Å². The summed E-state index contributed by atoms with van der Waals surface area (Å²) in [5.74, 6) is 2.08. The molecule has 0 aliphatic heterocycles. The van der Waals surface area contributed by atoms with Crippen LogP contribution in [0.5, 0.6) is 0 Å². The second kappa shape index (κ2) is 14.6. The monoisotopic (exact) mass is 296 g/mol. The number of unbranched alkanes of at least 4 members (excludes halogenated alkanes) is 5. The van der Waals surface area contributed by atoms with Crippen molar-refractivity contribution in [3.63, 3.8) is 0 Å². The average molecular weight is 297 g/mol. The number of hydrogen-bond acceptors (Lipinski definition) is 1. The lowest BCUT2D eigenvalue weighted by atomic mass is 9.95. The summed E-state index contributed by atoms with van der Waals surface area (Å²) in [6, 6.07) is 0. The molecular weight excluding hydrogens is 256 g/mol. The summed E-state index contributed by atoms with van der Waals surface area (Å²) in [5, 5.41) is 0. The molecule has 2 unspecified atom stereocenters. The van der Waals surface area contributed by atoms with Crippen LogP contribution in [-0.2, 0) is 4.79 Å². The predicted octanol–water partition coefficient (Wildman–Crippen LogP) is 6.94. The Balaban J connectivity index is 3.26. The Hall–Kier alpha value is -0.330. The zero-order valence-electron chi connectivity index (χ0n) is 15.3. The van der Waals surface area contributed by atoms with Crippen LogP contribution in [0.2, 0.25) is 0 Å². The number of rotatable bonds is 15. The lowest BCUT2D eigenvalue weighted by molar-refractivity contribution is -0.117. The molecular formula is C20H40O. The van der Waals surface area contributed by atoms with E-state index in [2.05, 4.69) is 20.8 Å². The Morgan fingerprint density at radius 1 is 0.714 bits per heavy atom. The summed E-state index contributed by atoms with van der Waals surface area (Å²) in [6.45, 7) is 8.75. The predicted molar refractivity (Wildman–Crippen MR) is 94.7 cm³/mol. The highest BCUT2D eigenvalue weighted by Crippen LogP contribution is 2.19. The topological polar surface area (TPSA) is 17.1 Å². The lowest BCUT2D eigenvalue weighted by Gasteiger charge is -2.11. The van der Waals surface area contributed by atoms with Crippen LogP contribution in [0.4, 0.5) is 0 Å². The highest BCUT2D eigenvalue weighted by Gasteiger charge is 2.04. The van der Waals surface area contributed by atoms with Gasteiger partial charge in [-0.15, -0.1) is 0 Å². The molecule has 126 valence electrons. The molecule has 0 aromatic heterocycles. The summed E-state index contributed by atoms with van der Waals surface area (Å²) in [5.41, 5.74) is 0. The minimum absolute atomic E-state index is 0.343. The Morgan fingerprint density at radius 2 is 1.14 bits per heavy atom. The van der Waals surface area contributed by atoms with Crippen LogP contribution in [0.25, 0.3) is 0 Å². The van der Waals surface area contributed by atoms with Gasteiger partial charge in [-0.05, 0) is 25.2 Å².